The number of hydrogen-bond acceptors (Lipinski definition) is 2. The quantitative estimate of drug-likeness (QED) is 0.683. The van der Waals surface area contributed by atoms with Crippen LogP contribution in [0.5, 0.6) is 0 Å². The van der Waals surface area contributed by atoms with Gasteiger partial charge in [-0.25, -0.2) is 0 Å². The zero-order valence-corrected chi connectivity index (χ0v) is 8.70. The van der Waals surface area contributed by atoms with Crippen molar-refractivity contribution in [3.05, 3.63) is 11.8 Å². The smallest absolute Gasteiger partial charge is 0.243 e. The minimum absolute atomic E-state index is 0.0839. The molecular weight excluding hydrogens is 176 g/mol. The number of hydrogen-bond donors (Lipinski definition) is 1. The molecule has 14 heavy (non-hydrogen) atoms. The molecule has 1 amide bonds. The van der Waals surface area contributed by atoms with Gasteiger partial charge in [0.15, 0.2) is 0 Å². The zero-order chi connectivity index (χ0) is 10.1. The lowest BCUT2D eigenvalue weighted by Crippen LogP contribution is -2.40. The van der Waals surface area contributed by atoms with Gasteiger partial charge in [0.1, 0.15) is 0 Å². The van der Waals surface area contributed by atoms with E-state index in [0.717, 1.165) is 19.4 Å². The van der Waals surface area contributed by atoms with Gasteiger partial charge in [-0.2, -0.15) is 0 Å². The Morgan fingerprint density at radius 2 is 2.43 bits per heavy atom. The molecule has 0 bridgehead atoms. The van der Waals surface area contributed by atoms with E-state index in [1.54, 1.807) is 6.92 Å². The molecule has 0 radical (unpaired) electrons. The summed E-state index contributed by atoms with van der Waals surface area (Å²) in [6.45, 7) is 2.63. The van der Waals surface area contributed by atoms with E-state index in [4.69, 9.17) is 5.73 Å². The zero-order valence-electron chi connectivity index (χ0n) is 8.70. The number of rotatable bonds is 1. The van der Waals surface area contributed by atoms with Crippen LogP contribution in [0.25, 0.3) is 0 Å². The number of likely N-dealkylation sites (tertiary alicyclic amines) is 1. The third-order valence-corrected chi connectivity index (χ3v) is 3.20. The second-order valence-electron chi connectivity index (χ2n) is 4.32. The maximum atomic E-state index is 11.8. The lowest BCUT2D eigenvalue weighted by molar-refractivity contribution is -0.129. The highest BCUT2D eigenvalue weighted by atomic mass is 16.2. The molecule has 0 spiro atoms. The van der Waals surface area contributed by atoms with Crippen LogP contribution in [0.3, 0.4) is 0 Å². The molecule has 0 aromatic heterocycles. The van der Waals surface area contributed by atoms with E-state index in [-0.39, 0.29) is 11.9 Å². The maximum absolute atomic E-state index is 11.8. The lowest BCUT2D eigenvalue weighted by atomic mass is 9.92. The maximum Gasteiger partial charge on any atom is 0.243 e. The van der Waals surface area contributed by atoms with E-state index in [1.165, 1.54) is 18.5 Å². The Morgan fingerprint density at radius 1 is 1.64 bits per heavy atom. The second-order valence-corrected chi connectivity index (χ2v) is 4.32. The summed E-state index contributed by atoms with van der Waals surface area (Å²) >= 11 is 0. The molecule has 1 aliphatic carbocycles. The van der Waals surface area contributed by atoms with Crippen LogP contribution >= 0.6 is 0 Å². The summed E-state index contributed by atoms with van der Waals surface area (Å²) in [5, 5.41) is 0. The first-order valence-electron chi connectivity index (χ1n) is 5.47. The molecule has 0 aromatic carbocycles. The average Bonchev–Trinajstić information content (AvgIpc) is 2.60. The van der Waals surface area contributed by atoms with Crippen molar-refractivity contribution >= 4 is 5.91 Å². The molecule has 2 rings (SSSR count). The molecule has 1 saturated heterocycles. The van der Waals surface area contributed by atoms with Crippen LogP contribution in [0.2, 0.25) is 0 Å². The second kappa shape index (κ2) is 3.73. The first-order valence-corrected chi connectivity index (χ1v) is 5.47. The van der Waals surface area contributed by atoms with Crippen molar-refractivity contribution in [1.82, 2.24) is 4.90 Å². The number of carbonyl (C=O) groups excluding carboxylic acids is 1. The van der Waals surface area contributed by atoms with Crippen molar-refractivity contribution in [1.29, 1.82) is 0 Å². The molecule has 3 nitrogen and oxygen atoms in total. The minimum Gasteiger partial charge on any atom is -0.320 e. The van der Waals surface area contributed by atoms with Crippen LogP contribution in [-0.4, -0.2) is 23.4 Å². The molecule has 2 N–H and O–H groups in total. The van der Waals surface area contributed by atoms with Crippen molar-refractivity contribution < 1.29 is 4.79 Å². The van der Waals surface area contributed by atoms with Gasteiger partial charge in [0.05, 0.1) is 6.04 Å². The molecule has 2 atom stereocenters. The number of nitrogens with zero attached hydrogens (tertiary/aromatic N) is 1. The highest BCUT2D eigenvalue weighted by molar-refractivity contribution is 5.83. The van der Waals surface area contributed by atoms with E-state index in [9.17, 15) is 4.79 Å². The number of nitrogens with two attached hydrogens (primary N) is 1. The van der Waals surface area contributed by atoms with Crippen molar-refractivity contribution in [2.75, 3.05) is 6.54 Å². The number of allylic oxidation sites excluding steroid dienone is 2. The normalized spacial score (nSPS) is 28.3. The van der Waals surface area contributed by atoms with Crippen LogP contribution in [0.1, 0.15) is 32.6 Å². The van der Waals surface area contributed by atoms with Gasteiger partial charge in [-0.3, -0.25) is 4.79 Å². The van der Waals surface area contributed by atoms with Crippen LogP contribution < -0.4 is 5.73 Å². The van der Waals surface area contributed by atoms with Crippen LogP contribution in [0, 0.1) is 5.92 Å². The highest BCUT2D eigenvalue weighted by Crippen LogP contribution is 2.35. The Hall–Kier alpha value is -0.830. The highest BCUT2D eigenvalue weighted by Gasteiger charge is 2.33. The SMILES string of the molecule is C[C@H](N)C(=O)N1CCC2CCCC=C21. The average molecular weight is 194 g/mol. The van der Waals surface area contributed by atoms with Crippen LogP contribution in [0.15, 0.2) is 11.8 Å². The summed E-state index contributed by atoms with van der Waals surface area (Å²) in [5.74, 6) is 0.715. The van der Waals surface area contributed by atoms with Crippen LogP contribution in [-0.2, 0) is 4.79 Å². The van der Waals surface area contributed by atoms with Gasteiger partial charge >= 0.3 is 0 Å². The Balaban J connectivity index is 2.14. The van der Waals surface area contributed by atoms with Gasteiger partial charge < -0.3 is 10.6 Å². The number of carbonyl (C=O) groups is 1. The van der Waals surface area contributed by atoms with Crippen molar-refractivity contribution in [2.45, 2.75) is 38.6 Å². The topological polar surface area (TPSA) is 46.3 Å². The Kier molecular flexibility index (Phi) is 2.59. The first kappa shape index (κ1) is 9.71. The van der Waals surface area contributed by atoms with Gasteiger partial charge in [-0.05, 0) is 32.6 Å². The predicted molar refractivity (Wildman–Crippen MR) is 55.4 cm³/mol. The Morgan fingerprint density at radius 3 is 3.14 bits per heavy atom. The first-order chi connectivity index (χ1) is 6.70. The van der Waals surface area contributed by atoms with E-state index >= 15 is 0 Å². The molecular formula is C11H18N2O. The molecule has 3 heteroatoms. The number of amides is 1. The minimum atomic E-state index is -0.364. The van der Waals surface area contributed by atoms with Crippen LogP contribution in [0.4, 0.5) is 0 Å². The van der Waals surface area contributed by atoms with E-state index in [1.807, 2.05) is 4.90 Å². The summed E-state index contributed by atoms with van der Waals surface area (Å²) in [4.78, 5) is 13.7. The number of fused-ring (bicyclic) bond motifs is 1. The molecule has 1 heterocycles. The van der Waals surface area contributed by atoms with Crippen molar-refractivity contribution in [3.63, 3.8) is 0 Å². The van der Waals surface area contributed by atoms with Gasteiger partial charge in [0, 0.05) is 18.2 Å². The van der Waals surface area contributed by atoms with Gasteiger partial charge in [0.2, 0.25) is 5.91 Å². The summed E-state index contributed by atoms with van der Waals surface area (Å²) < 4.78 is 0. The molecule has 1 aliphatic heterocycles. The Bertz CT molecular complexity index is 270. The summed E-state index contributed by atoms with van der Waals surface area (Å²) in [7, 11) is 0. The predicted octanol–water partition coefficient (Wildman–Crippen LogP) is 1.25. The summed E-state index contributed by atoms with van der Waals surface area (Å²) in [5.41, 5.74) is 6.87. The Labute approximate surface area is 84.9 Å². The van der Waals surface area contributed by atoms with E-state index in [2.05, 4.69) is 6.08 Å². The van der Waals surface area contributed by atoms with E-state index < -0.39 is 0 Å². The third-order valence-electron chi connectivity index (χ3n) is 3.20. The standard InChI is InChI=1S/C11H18N2O/c1-8(12)11(14)13-7-6-9-4-2-3-5-10(9)13/h5,8-9H,2-4,6-7,12H2,1H3/t8-,9?/m0/s1. The summed E-state index contributed by atoms with van der Waals surface area (Å²) in [6.07, 6.45) is 6.99. The molecule has 2 aliphatic rings. The van der Waals surface area contributed by atoms with Gasteiger partial charge in [-0.15, -0.1) is 0 Å². The largest absolute Gasteiger partial charge is 0.320 e. The molecule has 1 unspecified atom stereocenters. The molecule has 0 aromatic rings. The lowest BCUT2D eigenvalue weighted by Gasteiger charge is -2.24. The van der Waals surface area contributed by atoms with Crippen molar-refractivity contribution in [2.24, 2.45) is 11.7 Å². The van der Waals surface area contributed by atoms with Gasteiger partial charge in [0.25, 0.3) is 0 Å². The van der Waals surface area contributed by atoms with Crippen molar-refractivity contribution in [3.8, 4) is 0 Å². The molecule has 1 fully saturated rings. The fourth-order valence-electron chi connectivity index (χ4n) is 2.45. The van der Waals surface area contributed by atoms with Gasteiger partial charge in [-0.1, -0.05) is 6.08 Å². The summed E-state index contributed by atoms with van der Waals surface area (Å²) in [6, 6.07) is -0.364. The monoisotopic (exact) mass is 194 g/mol. The molecule has 0 saturated carbocycles. The third kappa shape index (κ3) is 1.57. The van der Waals surface area contributed by atoms with E-state index in [0.29, 0.717) is 5.92 Å². The fourth-order valence-corrected chi connectivity index (χ4v) is 2.45. The fraction of sp³-hybridized carbons (Fsp3) is 0.727. The molecule has 78 valence electrons.